The van der Waals surface area contributed by atoms with Gasteiger partial charge in [0.2, 0.25) is 5.91 Å². The Hall–Kier alpha value is -1.75. The van der Waals surface area contributed by atoms with Crippen molar-refractivity contribution in [3.8, 4) is 11.5 Å². The summed E-state index contributed by atoms with van der Waals surface area (Å²) in [5, 5.41) is 2.98. The lowest BCUT2D eigenvalue weighted by molar-refractivity contribution is -0.126. The highest BCUT2D eigenvalue weighted by Gasteiger charge is 2.34. The van der Waals surface area contributed by atoms with Crippen LogP contribution in [-0.2, 0) is 9.53 Å². The fourth-order valence-corrected chi connectivity index (χ4v) is 2.45. The number of methoxy groups -OCH3 is 2. The zero-order valence-corrected chi connectivity index (χ0v) is 12.4. The van der Waals surface area contributed by atoms with Crippen LogP contribution in [0.3, 0.4) is 0 Å². The van der Waals surface area contributed by atoms with Crippen molar-refractivity contribution >= 4 is 5.91 Å². The first-order valence-corrected chi connectivity index (χ1v) is 6.60. The SMILES string of the molecule is COCC(=O)N[C@H]1CC(C)(C)Oc2cc(OC)ccc21. The van der Waals surface area contributed by atoms with Gasteiger partial charge in [0.05, 0.1) is 13.2 Å². The summed E-state index contributed by atoms with van der Waals surface area (Å²) in [6.07, 6.45) is 0.710. The molecule has 1 aliphatic rings. The van der Waals surface area contributed by atoms with Crippen LogP contribution >= 0.6 is 0 Å². The summed E-state index contributed by atoms with van der Waals surface area (Å²) in [4.78, 5) is 11.8. The van der Waals surface area contributed by atoms with Gasteiger partial charge in [0, 0.05) is 25.2 Å². The number of rotatable bonds is 4. The lowest BCUT2D eigenvalue weighted by Gasteiger charge is -2.38. The van der Waals surface area contributed by atoms with E-state index in [0.29, 0.717) is 6.42 Å². The second-order valence-corrected chi connectivity index (χ2v) is 5.52. The first-order chi connectivity index (χ1) is 9.45. The van der Waals surface area contributed by atoms with E-state index in [4.69, 9.17) is 14.2 Å². The molecule has 0 spiro atoms. The Morgan fingerprint density at radius 1 is 1.45 bits per heavy atom. The van der Waals surface area contributed by atoms with Crippen LogP contribution in [-0.4, -0.2) is 32.3 Å². The van der Waals surface area contributed by atoms with E-state index in [2.05, 4.69) is 5.32 Å². The third-order valence-electron chi connectivity index (χ3n) is 3.29. The first-order valence-electron chi connectivity index (χ1n) is 6.60. The average Bonchev–Trinajstić information content (AvgIpc) is 2.36. The highest BCUT2D eigenvalue weighted by Crippen LogP contribution is 2.41. The van der Waals surface area contributed by atoms with Crippen LogP contribution in [0.2, 0.25) is 0 Å². The number of carbonyl (C=O) groups excluding carboxylic acids is 1. The van der Waals surface area contributed by atoms with E-state index in [9.17, 15) is 4.79 Å². The molecule has 1 N–H and O–H groups in total. The Bertz CT molecular complexity index is 499. The Labute approximate surface area is 119 Å². The number of nitrogens with one attached hydrogen (secondary N) is 1. The number of hydrogen-bond donors (Lipinski definition) is 1. The van der Waals surface area contributed by atoms with Gasteiger partial charge in [-0.3, -0.25) is 4.79 Å². The van der Waals surface area contributed by atoms with E-state index >= 15 is 0 Å². The number of carbonyl (C=O) groups is 1. The Morgan fingerprint density at radius 3 is 2.85 bits per heavy atom. The van der Waals surface area contributed by atoms with Gasteiger partial charge in [0.15, 0.2) is 0 Å². The maximum Gasteiger partial charge on any atom is 0.246 e. The fraction of sp³-hybridized carbons (Fsp3) is 0.533. The van der Waals surface area contributed by atoms with Crippen molar-refractivity contribution in [1.29, 1.82) is 0 Å². The maximum atomic E-state index is 11.8. The molecule has 2 rings (SSSR count). The minimum Gasteiger partial charge on any atom is -0.497 e. The van der Waals surface area contributed by atoms with Gasteiger partial charge in [-0.1, -0.05) is 0 Å². The summed E-state index contributed by atoms with van der Waals surface area (Å²) < 4.78 is 16.0. The molecule has 5 heteroatoms. The molecule has 5 nitrogen and oxygen atoms in total. The first kappa shape index (κ1) is 14.7. The second kappa shape index (κ2) is 5.71. The second-order valence-electron chi connectivity index (χ2n) is 5.52. The molecule has 0 radical (unpaired) electrons. The number of amides is 1. The Kier molecular flexibility index (Phi) is 4.18. The van der Waals surface area contributed by atoms with Crippen LogP contribution in [0, 0.1) is 0 Å². The normalized spacial score (nSPS) is 19.7. The summed E-state index contributed by atoms with van der Waals surface area (Å²) >= 11 is 0. The maximum absolute atomic E-state index is 11.8. The summed E-state index contributed by atoms with van der Waals surface area (Å²) in [5.74, 6) is 1.36. The van der Waals surface area contributed by atoms with Crippen LogP contribution in [0.25, 0.3) is 0 Å². The minimum atomic E-state index is -0.343. The zero-order valence-electron chi connectivity index (χ0n) is 12.4. The molecule has 1 aromatic rings. The van der Waals surface area contributed by atoms with Gasteiger partial charge in [0.25, 0.3) is 0 Å². The molecule has 0 unspecified atom stereocenters. The van der Waals surface area contributed by atoms with E-state index in [-0.39, 0.29) is 24.2 Å². The lowest BCUT2D eigenvalue weighted by Crippen LogP contribution is -2.42. The van der Waals surface area contributed by atoms with Gasteiger partial charge in [-0.2, -0.15) is 0 Å². The monoisotopic (exact) mass is 279 g/mol. The van der Waals surface area contributed by atoms with Crippen LogP contribution in [0.1, 0.15) is 31.9 Å². The van der Waals surface area contributed by atoms with Crippen LogP contribution in [0.4, 0.5) is 0 Å². The number of hydrogen-bond acceptors (Lipinski definition) is 4. The fourth-order valence-electron chi connectivity index (χ4n) is 2.45. The van der Waals surface area contributed by atoms with Gasteiger partial charge < -0.3 is 19.5 Å². The molecule has 0 fully saturated rings. The molecular weight excluding hydrogens is 258 g/mol. The smallest absolute Gasteiger partial charge is 0.246 e. The molecule has 20 heavy (non-hydrogen) atoms. The third kappa shape index (κ3) is 3.22. The quantitative estimate of drug-likeness (QED) is 0.916. The van der Waals surface area contributed by atoms with E-state index < -0.39 is 0 Å². The Morgan fingerprint density at radius 2 is 2.20 bits per heavy atom. The van der Waals surface area contributed by atoms with Crippen molar-refractivity contribution in [2.45, 2.75) is 31.9 Å². The standard InChI is InChI=1S/C15H21NO4/c1-15(2)8-12(16-14(17)9-18-3)11-6-5-10(19-4)7-13(11)20-15/h5-7,12H,8-9H2,1-4H3,(H,16,17)/t12-/m0/s1. The molecule has 1 atom stereocenters. The van der Waals surface area contributed by atoms with Gasteiger partial charge in [0.1, 0.15) is 23.7 Å². The summed E-state index contributed by atoms with van der Waals surface area (Å²) in [6.45, 7) is 4.07. The lowest BCUT2D eigenvalue weighted by atomic mass is 9.89. The van der Waals surface area contributed by atoms with Crippen molar-refractivity contribution in [2.24, 2.45) is 0 Å². The molecule has 110 valence electrons. The van der Waals surface area contributed by atoms with Crippen molar-refractivity contribution in [3.63, 3.8) is 0 Å². The van der Waals surface area contributed by atoms with E-state index in [1.807, 2.05) is 32.0 Å². The molecule has 1 amide bonds. The van der Waals surface area contributed by atoms with Crippen LogP contribution in [0.5, 0.6) is 11.5 Å². The predicted molar refractivity (Wildman–Crippen MR) is 75.1 cm³/mol. The Balaban J connectivity index is 2.28. The molecular formula is C15H21NO4. The topological polar surface area (TPSA) is 56.8 Å². The average molecular weight is 279 g/mol. The van der Waals surface area contributed by atoms with E-state index in [0.717, 1.165) is 17.1 Å². The molecule has 1 aliphatic heterocycles. The molecule has 0 aliphatic carbocycles. The summed E-state index contributed by atoms with van der Waals surface area (Å²) in [6, 6.07) is 5.57. The van der Waals surface area contributed by atoms with E-state index in [1.165, 1.54) is 7.11 Å². The van der Waals surface area contributed by atoms with Crippen molar-refractivity contribution in [1.82, 2.24) is 5.32 Å². The zero-order chi connectivity index (χ0) is 14.8. The van der Waals surface area contributed by atoms with Gasteiger partial charge in [-0.15, -0.1) is 0 Å². The van der Waals surface area contributed by atoms with Gasteiger partial charge in [-0.05, 0) is 26.0 Å². The predicted octanol–water partition coefficient (Wildman–Crippen LogP) is 2.06. The number of ether oxygens (including phenoxy) is 3. The van der Waals surface area contributed by atoms with Gasteiger partial charge in [-0.25, -0.2) is 0 Å². The summed E-state index contributed by atoms with van der Waals surface area (Å²) in [7, 11) is 3.12. The largest absolute Gasteiger partial charge is 0.497 e. The van der Waals surface area contributed by atoms with Crippen molar-refractivity contribution in [2.75, 3.05) is 20.8 Å². The highest BCUT2D eigenvalue weighted by molar-refractivity contribution is 5.77. The van der Waals surface area contributed by atoms with Gasteiger partial charge >= 0.3 is 0 Å². The number of fused-ring (bicyclic) bond motifs is 1. The highest BCUT2D eigenvalue weighted by atomic mass is 16.5. The molecule has 1 aromatic carbocycles. The molecule has 0 aromatic heterocycles. The van der Waals surface area contributed by atoms with Crippen LogP contribution < -0.4 is 14.8 Å². The third-order valence-corrected chi connectivity index (χ3v) is 3.29. The van der Waals surface area contributed by atoms with E-state index in [1.54, 1.807) is 7.11 Å². The van der Waals surface area contributed by atoms with Crippen LogP contribution in [0.15, 0.2) is 18.2 Å². The molecule has 0 bridgehead atoms. The molecule has 0 saturated heterocycles. The molecule has 1 heterocycles. The summed E-state index contributed by atoms with van der Waals surface area (Å²) in [5.41, 5.74) is 0.624. The van der Waals surface area contributed by atoms with Crippen molar-refractivity contribution < 1.29 is 19.0 Å². The number of benzene rings is 1. The molecule has 0 saturated carbocycles. The minimum absolute atomic E-state index is 0.0588. The van der Waals surface area contributed by atoms with Crippen molar-refractivity contribution in [3.05, 3.63) is 23.8 Å².